The number of ether oxygens (including phenoxy) is 2. The van der Waals surface area contributed by atoms with Crippen molar-refractivity contribution in [2.45, 2.75) is 71.0 Å². The largest absolute Gasteiger partial charge is 0.463 e. The number of rotatable bonds is 18. The Hall–Kier alpha value is -2.70. The number of esters is 2. The monoisotopic (exact) mass is 460 g/mol. The first kappa shape index (κ1) is 30.3. The minimum absolute atomic E-state index is 0.183. The fourth-order valence-electron chi connectivity index (χ4n) is 2.39. The van der Waals surface area contributed by atoms with Crippen LogP contribution in [0.5, 0.6) is 0 Å². The van der Waals surface area contributed by atoms with Crippen LogP contribution in [0, 0.1) is 0 Å². The van der Waals surface area contributed by atoms with E-state index in [9.17, 15) is 19.8 Å². The van der Waals surface area contributed by atoms with Crippen LogP contribution in [-0.2, 0) is 19.1 Å². The van der Waals surface area contributed by atoms with Gasteiger partial charge in [0, 0.05) is 13.3 Å². The molecule has 0 aliphatic carbocycles. The third-order valence-corrected chi connectivity index (χ3v) is 4.11. The van der Waals surface area contributed by atoms with Crippen LogP contribution in [0.4, 0.5) is 0 Å². The van der Waals surface area contributed by atoms with Crippen molar-refractivity contribution in [2.24, 2.45) is 0 Å². The smallest absolute Gasteiger partial charge is 0.306 e. The average molecular weight is 461 g/mol. The summed E-state index contributed by atoms with van der Waals surface area (Å²) >= 11 is 0. The van der Waals surface area contributed by atoms with Crippen molar-refractivity contribution in [3.63, 3.8) is 0 Å². The van der Waals surface area contributed by atoms with Crippen molar-refractivity contribution in [1.82, 2.24) is 0 Å². The molecule has 0 aromatic heterocycles. The molecule has 0 aliphatic rings. The summed E-state index contributed by atoms with van der Waals surface area (Å²) in [6.07, 6.45) is 27.3. The normalized spacial score (nSPS) is 14.4. The van der Waals surface area contributed by atoms with Crippen LogP contribution >= 0.6 is 0 Å². The molecule has 0 amide bonds. The Bertz CT molecular complexity index is 685. The molecule has 0 bridgehead atoms. The zero-order chi connectivity index (χ0) is 24.6. The molecule has 1 unspecified atom stereocenters. The van der Waals surface area contributed by atoms with Gasteiger partial charge in [0.2, 0.25) is 0 Å². The predicted molar refractivity (Wildman–Crippen MR) is 132 cm³/mol. The number of carbonyl (C=O) groups is 2. The lowest BCUT2D eigenvalue weighted by Crippen LogP contribution is -2.24. The van der Waals surface area contributed by atoms with Crippen LogP contribution in [0.25, 0.3) is 0 Å². The molecule has 0 aromatic carbocycles. The molecule has 0 rings (SSSR count). The van der Waals surface area contributed by atoms with Gasteiger partial charge < -0.3 is 19.7 Å². The van der Waals surface area contributed by atoms with E-state index < -0.39 is 24.1 Å². The van der Waals surface area contributed by atoms with E-state index in [2.05, 4.69) is 36.0 Å². The lowest BCUT2D eigenvalue weighted by molar-refractivity contribution is -0.151. The second-order valence-corrected chi connectivity index (χ2v) is 7.30. The Morgan fingerprint density at radius 3 is 2.09 bits per heavy atom. The topological polar surface area (TPSA) is 93.1 Å². The number of allylic oxidation sites excluding steroid dienone is 10. The predicted octanol–water partition coefficient (Wildman–Crippen LogP) is 4.90. The molecule has 184 valence electrons. The molecule has 2 N–H and O–H groups in total. The highest BCUT2D eigenvalue weighted by Gasteiger charge is 2.09. The number of hydrogen-bond donors (Lipinski definition) is 2. The fraction of sp³-hybridized carbons (Fsp3) is 0.481. The fourth-order valence-corrected chi connectivity index (χ4v) is 2.39. The summed E-state index contributed by atoms with van der Waals surface area (Å²) in [5.74, 6) is -0.891. The van der Waals surface area contributed by atoms with E-state index in [1.807, 2.05) is 42.5 Å². The van der Waals surface area contributed by atoms with E-state index in [0.717, 1.165) is 25.7 Å². The van der Waals surface area contributed by atoms with Gasteiger partial charge in [-0.15, -0.1) is 0 Å². The van der Waals surface area contributed by atoms with Crippen molar-refractivity contribution in [3.05, 3.63) is 72.9 Å². The minimum Gasteiger partial charge on any atom is -0.463 e. The molecule has 0 saturated heterocycles. The number of aliphatic hydroxyl groups is 2. The van der Waals surface area contributed by atoms with Crippen LogP contribution in [0.1, 0.15) is 58.8 Å². The molecular formula is C27H40O6. The van der Waals surface area contributed by atoms with Gasteiger partial charge in [-0.25, -0.2) is 0 Å². The molecule has 6 heteroatoms. The highest BCUT2D eigenvalue weighted by atomic mass is 16.6. The Kier molecular flexibility index (Phi) is 20.7. The molecule has 33 heavy (non-hydrogen) atoms. The Morgan fingerprint density at radius 1 is 0.788 bits per heavy atom. The van der Waals surface area contributed by atoms with Crippen molar-refractivity contribution in [3.8, 4) is 0 Å². The molecule has 0 fully saturated rings. The van der Waals surface area contributed by atoms with Crippen LogP contribution in [0.15, 0.2) is 72.9 Å². The second-order valence-electron chi connectivity index (χ2n) is 7.30. The summed E-state index contributed by atoms with van der Waals surface area (Å²) in [6.45, 7) is 2.98. The highest BCUT2D eigenvalue weighted by Crippen LogP contribution is 2.00. The van der Waals surface area contributed by atoms with E-state index in [1.165, 1.54) is 6.92 Å². The summed E-state index contributed by atoms with van der Waals surface area (Å²) in [5.41, 5.74) is 0. The third kappa shape index (κ3) is 23.8. The van der Waals surface area contributed by atoms with E-state index in [1.54, 1.807) is 6.08 Å². The first-order valence-corrected chi connectivity index (χ1v) is 11.5. The van der Waals surface area contributed by atoms with Gasteiger partial charge >= 0.3 is 11.9 Å². The standard InChI is InChI=1S/C27H40O6/c1-3-4-5-6-13-16-19-25(29)20-17-14-11-9-7-8-10-12-15-18-21-27(31)33-23-26(30)22-32-24(2)28/h4-5,7-8,11-17,20,25-26,29-30H,3,6,9-10,18-19,21-23H2,1-2H3/b5-4-,8-7-,14-11-,15-12-,16-13-,20-17+/t25?,26-/m0/s1. The zero-order valence-corrected chi connectivity index (χ0v) is 20.0. The molecular weight excluding hydrogens is 420 g/mol. The number of aliphatic hydroxyl groups excluding tert-OH is 2. The van der Waals surface area contributed by atoms with Crippen LogP contribution in [0.2, 0.25) is 0 Å². The van der Waals surface area contributed by atoms with E-state index in [4.69, 9.17) is 4.74 Å². The van der Waals surface area contributed by atoms with Gasteiger partial charge in [-0.1, -0.05) is 79.8 Å². The number of hydrogen-bond acceptors (Lipinski definition) is 6. The lowest BCUT2D eigenvalue weighted by atomic mass is 10.2. The molecule has 0 aromatic rings. The molecule has 0 saturated carbocycles. The van der Waals surface area contributed by atoms with Gasteiger partial charge in [-0.3, -0.25) is 9.59 Å². The van der Waals surface area contributed by atoms with Gasteiger partial charge in [0.05, 0.1) is 6.10 Å². The first-order chi connectivity index (χ1) is 16.0. The first-order valence-electron chi connectivity index (χ1n) is 11.5. The van der Waals surface area contributed by atoms with E-state index in [-0.39, 0.29) is 19.6 Å². The Balaban J connectivity index is 3.76. The Labute approximate surface area is 198 Å². The third-order valence-electron chi connectivity index (χ3n) is 4.11. The maximum Gasteiger partial charge on any atom is 0.306 e. The van der Waals surface area contributed by atoms with Crippen molar-refractivity contribution < 1.29 is 29.3 Å². The van der Waals surface area contributed by atoms with Crippen LogP contribution in [-0.4, -0.2) is 47.6 Å². The Morgan fingerprint density at radius 2 is 1.39 bits per heavy atom. The number of carbonyl (C=O) groups excluding carboxylic acids is 2. The SMILES string of the molecule is CC/C=C\C/C=C\CC(O)/C=C/C=C\C/C=C\C/C=C\CCC(=O)OC[C@@H](O)COC(C)=O. The molecule has 0 spiro atoms. The average Bonchev–Trinajstić information content (AvgIpc) is 2.79. The molecule has 0 radical (unpaired) electrons. The van der Waals surface area contributed by atoms with E-state index >= 15 is 0 Å². The van der Waals surface area contributed by atoms with Crippen molar-refractivity contribution in [1.29, 1.82) is 0 Å². The summed E-state index contributed by atoms with van der Waals surface area (Å²) in [7, 11) is 0. The highest BCUT2D eigenvalue weighted by molar-refractivity contribution is 5.69. The van der Waals surface area contributed by atoms with Gasteiger partial charge in [0.1, 0.15) is 19.3 Å². The van der Waals surface area contributed by atoms with Gasteiger partial charge in [-0.2, -0.15) is 0 Å². The zero-order valence-electron chi connectivity index (χ0n) is 20.0. The quantitative estimate of drug-likeness (QED) is 0.172. The van der Waals surface area contributed by atoms with Gasteiger partial charge in [0.15, 0.2) is 0 Å². The molecule has 0 heterocycles. The van der Waals surface area contributed by atoms with Crippen molar-refractivity contribution >= 4 is 11.9 Å². The van der Waals surface area contributed by atoms with Crippen LogP contribution in [0.3, 0.4) is 0 Å². The summed E-state index contributed by atoms with van der Waals surface area (Å²) in [5, 5.41) is 19.3. The van der Waals surface area contributed by atoms with Gasteiger partial charge in [-0.05, 0) is 38.5 Å². The molecule has 6 nitrogen and oxygen atoms in total. The minimum atomic E-state index is -1.01. The summed E-state index contributed by atoms with van der Waals surface area (Å²) in [4.78, 5) is 22.2. The summed E-state index contributed by atoms with van der Waals surface area (Å²) in [6, 6.07) is 0. The maximum absolute atomic E-state index is 11.6. The second kappa shape index (κ2) is 22.5. The molecule has 0 aliphatic heterocycles. The maximum atomic E-state index is 11.6. The van der Waals surface area contributed by atoms with E-state index in [0.29, 0.717) is 12.8 Å². The van der Waals surface area contributed by atoms with Crippen molar-refractivity contribution in [2.75, 3.05) is 13.2 Å². The lowest BCUT2D eigenvalue weighted by Gasteiger charge is -2.10. The summed E-state index contributed by atoms with van der Waals surface area (Å²) < 4.78 is 9.54. The van der Waals surface area contributed by atoms with Crippen LogP contribution < -0.4 is 0 Å². The molecule has 2 atom stereocenters. The van der Waals surface area contributed by atoms with Gasteiger partial charge in [0.25, 0.3) is 0 Å².